The molecule has 8 aromatic carbocycles. The average molecular weight is 774 g/mol. The molecule has 4 aromatic heterocycles. The lowest BCUT2D eigenvalue weighted by Gasteiger charge is -2.13. The summed E-state index contributed by atoms with van der Waals surface area (Å²) in [6, 6.07) is 67.0. The van der Waals surface area contributed by atoms with E-state index in [1.54, 1.807) is 0 Å². The van der Waals surface area contributed by atoms with Gasteiger partial charge in [-0.25, -0.2) is 15.0 Å². The van der Waals surface area contributed by atoms with Gasteiger partial charge in [-0.3, -0.25) is 0 Å². The average Bonchev–Trinajstić information content (AvgIpc) is 3.88. The molecule has 0 radical (unpaired) electrons. The van der Waals surface area contributed by atoms with Gasteiger partial charge in [-0.05, 0) is 47.5 Å². The standard InChI is InChI=1S/C53H31N3S2/c1-3-12-33(13-4-1)42-31-43(56-53(55-42)41-18-11-21-47-49(41)38-16-7-9-19-45(38)57-47)34-24-22-32(23-25-34)36-26-27-37-44(30-36)54-52(35-14-5-2-6-15-35)40-28-29-48-51(50(37)40)39-17-8-10-20-46(39)58-48/h1-31H. The van der Waals surface area contributed by atoms with Crippen LogP contribution in [0.2, 0.25) is 0 Å². The molecule has 0 unspecified atom stereocenters. The Morgan fingerprint density at radius 1 is 0.310 bits per heavy atom. The Bertz CT molecular complexity index is 3550. The van der Waals surface area contributed by atoms with Crippen molar-refractivity contribution in [3.8, 4) is 56.3 Å². The third-order valence-corrected chi connectivity index (χ3v) is 13.6. The van der Waals surface area contributed by atoms with E-state index in [4.69, 9.17) is 15.0 Å². The van der Waals surface area contributed by atoms with Crippen molar-refractivity contribution in [2.45, 2.75) is 0 Å². The minimum absolute atomic E-state index is 0.726. The molecule has 0 aliphatic heterocycles. The molecule has 270 valence electrons. The fourth-order valence-corrected chi connectivity index (χ4v) is 10.8. The molecule has 12 rings (SSSR count). The van der Waals surface area contributed by atoms with E-state index in [0.29, 0.717) is 0 Å². The van der Waals surface area contributed by atoms with Crippen LogP contribution in [0.3, 0.4) is 0 Å². The van der Waals surface area contributed by atoms with E-state index >= 15 is 0 Å². The van der Waals surface area contributed by atoms with Gasteiger partial charge >= 0.3 is 0 Å². The van der Waals surface area contributed by atoms with Crippen molar-refractivity contribution < 1.29 is 0 Å². The van der Waals surface area contributed by atoms with Crippen LogP contribution in [0.1, 0.15) is 0 Å². The van der Waals surface area contributed by atoms with E-state index < -0.39 is 0 Å². The Balaban J connectivity index is 1.00. The Hall–Kier alpha value is -7.05. The van der Waals surface area contributed by atoms with Crippen molar-refractivity contribution >= 4 is 84.7 Å². The summed E-state index contributed by atoms with van der Waals surface area (Å²) in [6.07, 6.45) is 0. The zero-order valence-corrected chi connectivity index (χ0v) is 32.7. The van der Waals surface area contributed by atoms with Crippen LogP contribution in [0.5, 0.6) is 0 Å². The fourth-order valence-electron chi connectivity index (χ4n) is 8.57. The predicted molar refractivity (Wildman–Crippen MR) is 248 cm³/mol. The highest BCUT2D eigenvalue weighted by Crippen LogP contribution is 2.44. The second kappa shape index (κ2) is 13.3. The first kappa shape index (κ1) is 33.1. The van der Waals surface area contributed by atoms with Gasteiger partial charge in [0.15, 0.2) is 5.82 Å². The van der Waals surface area contributed by atoms with Crippen molar-refractivity contribution in [3.05, 3.63) is 188 Å². The fraction of sp³-hybridized carbons (Fsp3) is 0. The SMILES string of the molecule is c1ccc(-c2cc(-c3ccc(-c4ccc5c(c4)nc(-c4ccccc4)c4ccc6sc7ccccc7c6c45)cc3)nc(-c3cccc4sc5ccccc5c34)n2)cc1. The highest BCUT2D eigenvalue weighted by molar-refractivity contribution is 7.26. The van der Waals surface area contributed by atoms with E-state index in [2.05, 4.69) is 182 Å². The molecule has 3 nitrogen and oxygen atoms in total. The monoisotopic (exact) mass is 773 g/mol. The third-order valence-electron chi connectivity index (χ3n) is 11.3. The quantitative estimate of drug-likeness (QED) is 0.164. The first-order chi connectivity index (χ1) is 28.7. The summed E-state index contributed by atoms with van der Waals surface area (Å²) in [5, 5.41) is 8.65. The molecule has 0 fully saturated rings. The van der Waals surface area contributed by atoms with Gasteiger partial charge in [-0.2, -0.15) is 0 Å². The molecular weight excluding hydrogens is 743 g/mol. The van der Waals surface area contributed by atoms with Gasteiger partial charge in [0, 0.05) is 78.8 Å². The van der Waals surface area contributed by atoms with E-state index in [1.807, 2.05) is 28.7 Å². The lowest BCUT2D eigenvalue weighted by Crippen LogP contribution is -1.96. The van der Waals surface area contributed by atoms with Crippen LogP contribution >= 0.6 is 22.7 Å². The van der Waals surface area contributed by atoms with Crippen LogP contribution in [-0.2, 0) is 0 Å². The Morgan fingerprint density at radius 2 is 0.862 bits per heavy atom. The summed E-state index contributed by atoms with van der Waals surface area (Å²) in [6.45, 7) is 0. The molecule has 0 spiro atoms. The van der Waals surface area contributed by atoms with Crippen LogP contribution in [0.4, 0.5) is 0 Å². The number of rotatable bonds is 5. The normalized spacial score (nSPS) is 11.8. The van der Waals surface area contributed by atoms with Crippen LogP contribution in [-0.4, -0.2) is 15.0 Å². The first-order valence-electron chi connectivity index (χ1n) is 19.4. The van der Waals surface area contributed by atoms with Crippen molar-refractivity contribution in [1.82, 2.24) is 15.0 Å². The van der Waals surface area contributed by atoms with Gasteiger partial charge in [0.2, 0.25) is 0 Å². The lowest BCUT2D eigenvalue weighted by molar-refractivity contribution is 1.19. The minimum atomic E-state index is 0.726. The van der Waals surface area contributed by atoms with Gasteiger partial charge in [0.05, 0.1) is 22.6 Å². The molecule has 0 saturated carbocycles. The first-order valence-corrected chi connectivity index (χ1v) is 21.1. The number of hydrogen-bond acceptors (Lipinski definition) is 5. The molecule has 58 heavy (non-hydrogen) atoms. The van der Waals surface area contributed by atoms with Crippen LogP contribution in [0.15, 0.2) is 188 Å². The van der Waals surface area contributed by atoms with Crippen LogP contribution < -0.4 is 0 Å². The van der Waals surface area contributed by atoms with Crippen LogP contribution in [0.25, 0.3) is 118 Å². The van der Waals surface area contributed by atoms with Gasteiger partial charge in [-0.1, -0.05) is 152 Å². The molecule has 0 saturated heterocycles. The van der Waals surface area contributed by atoms with Gasteiger partial charge in [0.1, 0.15) is 0 Å². The number of hydrogen-bond donors (Lipinski definition) is 0. The number of nitrogens with zero attached hydrogens (tertiary/aromatic N) is 3. The summed E-state index contributed by atoms with van der Waals surface area (Å²) in [7, 11) is 0. The zero-order chi connectivity index (χ0) is 38.2. The van der Waals surface area contributed by atoms with E-state index in [0.717, 1.165) is 61.8 Å². The Labute approximate surface area is 342 Å². The molecule has 4 heterocycles. The molecule has 0 atom stereocenters. The number of pyridine rings is 1. The molecule has 0 N–H and O–H groups in total. The molecular formula is C53H31N3S2. The van der Waals surface area contributed by atoms with E-state index in [-0.39, 0.29) is 0 Å². The summed E-state index contributed by atoms with van der Waals surface area (Å²) in [5.41, 5.74) is 10.3. The molecule has 0 bridgehead atoms. The van der Waals surface area contributed by atoms with Gasteiger partial charge in [-0.15, -0.1) is 22.7 Å². The van der Waals surface area contributed by atoms with Gasteiger partial charge in [0.25, 0.3) is 0 Å². The van der Waals surface area contributed by atoms with Crippen molar-refractivity contribution in [1.29, 1.82) is 0 Å². The molecule has 5 heteroatoms. The third kappa shape index (κ3) is 5.36. The lowest BCUT2D eigenvalue weighted by atomic mass is 9.94. The minimum Gasteiger partial charge on any atom is -0.247 e. The zero-order valence-electron chi connectivity index (χ0n) is 31.1. The van der Waals surface area contributed by atoms with Crippen molar-refractivity contribution in [2.75, 3.05) is 0 Å². The highest BCUT2D eigenvalue weighted by atomic mass is 32.1. The Kier molecular flexibility index (Phi) is 7.58. The molecule has 0 amide bonds. The summed E-state index contributed by atoms with van der Waals surface area (Å²) < 4.78 is 5.10. The number of aromatic nitrogens is 3. The predicted octanol–water partition coefficient (Wildman–Crippen LogP) is 15.2. The van der Waals surface area contributed by atoms with E-state index in [9.17, 15) is 0 Å². The maximum atomic E-state index is 5.40. The summed E-state index contributed by atoms with van der Waals surface area (Å²) >= 11 is 3.67. The summed E-state index contributed by atoms with van der Waals surface area (Å²) in [5.74, 6) is 0.726. The molecule has 0 aliphatic rings. The second-order valence-electron chi connectivity index (χ2n) is 14.7. The number of fused-ring (bicyclic) bond motifs is 10. The maximum absolute atomic E-state index is 5.40. The van der Waals surface area contributed by atoms with Crippen molar-refractivity contribution in [2.24, 2.45) is 0 Å². The maximum Gasteiger partial charge on any atom is 0.161 e. The highest BCUT2D eigenvalue weighted by Gasteiger charge is 2.19. The van der Waals surface area contributed by atoms with E-state index in [1.165, 1.54) is 56.5 Å². The molecule has 12 aromatic rings. The Morgan fingerprint density at radius 3 is 1.59 bits per heavy atom. The number of thiophene rings is 2. The smallest absolute Gasteiger partial charge is 0.161 e. The number of benzene rings is 8. The molecule has 0 aliphatic carbocycles. The van der Waals surface area contributed by atoms with Gasteiger partial charge < -0.3 is 0 Å². The summed E-state index contributed by atoms with van der Waals surface area (Å²) in [4.78, 5) is 15.9. The van der Waals surface area contributed by atoms with Crippen molar-refractivity contribution in [3.63, 3.8) is 0 Å². The second-order valence-corrected chi connectivity index (χ2v) is 16.9. The largest absolute Gasteiger partial charge is 0.247 e. The van der Waals surface area contributed by atoms with Crippen LogP contribution in [0, 0.1) is 0 Å². The topological polar surface area (TPSA) is 38.7 Å².